The highest BCUT2D eigenvalue weighted by Crippen LogP contribution is 2.28. The van der Waals surface area contributed by atoms with Gasteiger partial charge in [0.15, 0.2) is 0 Å². The molecule has 6 heteroatoms. The highest BCUT2D eigenvalue weighted by Gasteiger charge is 2.28. The van der Waals surface area contributed by atoms with Crippen LogP contribution in [0, 0.1) is 12.8 Å². The second-order valence-corrected chi connectivity index (χ2v) is 9.62. The van der Waals surface area contributed by atoms with E-state index in [-0.39, 0.29) is 17.9 Å². The Hall–Kier alpha value is -2.37. The van der Waals surface area contributed by atoms with E-state index in [9.17, 15) is 9.59 Å². The third kappa shape index (κ3) is 5.70. The van der Waals surface area contributed by atoms with E-state index in [2.05, 4.69) is 36.2 Å². The summed E-state index contributed by atoms with van der Waals surface area (Å²) in [6.45, 7) is 11.9. The van der Waals surface area contributed by atoms with Crippen molar-refractivity contribution in [3.05, 3.63) is 28.8 Å². The number of likely N-dealkylation sites (tertiary alicyclic amines) is 1. The molecule has 1 saturated carbocycles. The van der Waals surface area contributed by atoms with Crippen molar-refractivity contribution in [1.29, 1.82) is 0 Å². The molecule has 0 aromatic heterocycles. The van der Waals surface area contributed by atoms with Crippen LogP contribution in [0.3, 0.4) is 0 Å². The van der Waals surface area contributed by atoms with Gasteiger partial charge in [0.25, 0.3) is 5.91 Å². The molecule has 1 heterocycles. The van der Waals surface area contributed by atoms with Crippen LogP contribution in [-0.2, 0) is 11.2 Å². The SMILES string of the molecule is C/C=N\N(C(C)CC(=O)Nc1cc(C)c(C(=O)N2CC[C@H](C)C2)cc1CC)C1CCCC1. The topological polar surface area (TPSA) is 65.0 Å². The standard InChI is InChI=1S/C26H40N4O2/c1-6-21-16-23(26(32)29-13-12-18(3)17-29)19(4)14-24(21)28-25(31)15-20(5)30(27-7-2)22-10-8-9-11-22/h7,14,16,18,20,22H,6,8-13,15,17H2,1-5H3,(H,28,31)/b27-7-/t18-,20?/m0/s1. The normalized spacial score (nSPS) is 20.2. The molecule has 0 bridgehead atoms. The van der Waals surface area contributed by atoms with Crippen LogP contribution in [0.25, 0.3) is 0 Å². The average molecular weight is 441 g/mol. The van der Waals surface area contributed by atoms with Crippen LogP contribution >= 0.6 is 0 Å². The molecule has 2 atom stereocenters. The van der Waals surface area contributed by atoms with Crippen molar-refractivity contribution in [1.82, 2.24) is 9.91 Å². The molecule has 1 aliphatic carbocycles. The highest BCUT2D eigenvalue weighted by atomic mass is 16.2. The number of carbonyl (C=O) groups excluding carboxylic acids is 2. The smallest absolute Gasteiger partial charge is 0.254 e. The van der Waals surface area contributed by atoms with Crippen molar-refractivity contribution in [2.75, 3.05) is 18.4 Å². The van der Waals surface area contributed by atoms with Gasteiger partial charge in [0.1, 0.15) is 0 Å². The van der Waals surface area contributed by atoms with Gasteiger partial charge < -0.3 is 10.2 Å². The minimum absolute atomic E-state index is 0.00616. The van der Waals surface area contributed by atoms with E-state index in [4.69, 9.17) is 0 Å². The zero-order chi connectivity index (χ0) is 23.3. The summed E-state index contributed by atoms with van der Waals surface area (Å²) in [5.41, 5.74) is 3.50. The summed E-state index contributed by atoms with van der Waals surface area (Å²) in [4.78, 5) is 27.9. The van der Waals surface area contributed by atoms with E-state index in [0.29, 0.717) is 18.4 Å². The van der Waals surface area contributed by atoms with Gasteiger partial charge in [0.05, 0.1) is 6.04 Å². The zero-order valence-electron chi connectivity index (χ0n) is 20.5. The van der Waals surface area contributed by atoms with Crippen molar-refractivity contribution < 1.29 is 9.59 Å². The Morgan fingerprint density at radius 1 is 1.28 bits per heavy atom. The lowest BCUT2D eigenvalue weighted by molar-refractivity contribution is -0.117. The van der Waals surface area contributed by atoms with Crippen LogP contribution in [0.15, 0.2) is 17.2 Å². The summed E-state index contributed by atoms with van der Waals surface area (Å²) in [5, 5.41) is 9.82. The third-order valence-corrected chi connectivity index (χ3v) is 6.93. The Morgan fingerprint density at radius 3 is 2.59 bits per heavy atom. The van der Waals surface area contributed by atoms with E-state index in [1.807, 2.05) is 37.1 Å². The molecule has 0 spiro atoms. The molecule has 1 unspecified atom stereocenters. The van der Waals surface area contributed by atoms with Gasteiger partial charge in [-0.1, -0.05) is 26.7 Å². The highest BCUT2D eigenvalue weighted by molar-refractivity contribution is 5.98. The van der Waals surface area contributed by atoms with Crippen LogP contribution in [-0.4, -0.2) is 53.1 Å². The van der Waals surface area contributed by atoms with Crippen LogP contribution in [0.5, 0.6) is 0 Å². The van der Waals surface area contributed by atoms with Crippen LogP contribution in [0.4, 0.5) is 5.69 Å². The second-order valence-electron chi connectivity index (χ2n) is 9.62. The summed E-state index contributed by atoms with van der Waals surface area (Å²) >= 11 is 0. The van der Waals surface area contributed by atoms with Gasteiger partial charge in [0, 0.05) is 43.0 Å². The first-order valence-electron chi connectivity index (χ1n) is 12.3. The van der Waals surface area contributed by atoms with Crippen LogP contribution < -0.4 is 5.32 Å². The summed E-state index contributed by atoms with van der Waals surface area (Å²) in [5.74, 6) is 0.664. The Morgan fingerprint density at radius 2 is 2.00 bits per heavy atom. The molecular formula is C26H40N4O2. The van der Waals surface area contributed by atoms with E-state index in [0.717, 1.165) is 61.2 Å². The number of carbonyl (C=O) groups is 2. The fourth-order valence-corrected chi connectivity index (χ4v) is 5.12. The number of hydrogen-bond donors (Lipinski definition) is 1. The van der Waals surface area contributed by atoms with Crippen molar-refractivity contribution in [2.24, 2.45) is 11.0 Å². The van der Waals surface area contributed by atoms with Crippen LogP contribution in [0.1, 0.15) is 87.7 Å². The molecule has 176 valence electrons. The summed E-state index contributed by atoms with van der Waals surface area (Å²) in [7, 11) is 0. The second kappa shape index (κ2) is 11.0. The molecule has 1 aromatic rings. The van der Waals surface area contributed by atoms with Crippen molar-refractivity contribution in [2.45, 2.75) is 91.6 Å². The fourth-order valence-electron chi connectivity index (χ4n) is 5.12. The summed E-state index contributed by atoms with van der Waals surface area (Å²) < 4.78 is 0. The zero-order valence-corrected chi connectivity index (χ0v) is 20.5. The molecule has 1 saturated heterocycles. The molecule has 2 fully saturated rings. The predicted octanol–water partition coefficient (Wildman–Crippen LogP) is 5.01. The first-order chi connectivity index (χ1) is 15.3. The van der Waals surface area contributed by atoms with Crippen molar-refractivity contribution in [3.63, 3.8) is 0 Å². The molecule has 6 nitrogen and oxygen atoms in total. The maximum atomic E-state index is 13.0. The minimum atomic E-state index is -0.00616. The van der Waals surface area contributed by atoms with Gasteiger partial charge in [-0.3, -0.25) is 14.6 Å². The Bertz CT molecular complexity index is 844. The number of nitrogens with one attached hydrogen (secondary N) is 1. The molecule has 1 aromatic carbocycles. The molecular weight excluding hydrogens is 400 g/mol. The Kier molecular flexibility index (Phi) is 8.32. The van der Waals surface area contributed by atoms with Gasteiger partial charge in [-0.05, 0) is 75.6 Å². The number of aryl methyl sites for hydroxylation is 2. The summed E-state index contributed by atoms with van der Waals surface area (Å²) in [6, 6.07) is 4.42. The number of benzene rings is 1. The molecule has 1 aliphatic heterocycles. The van der Waals surface area contributed by atoms with E-state index >= 15 is 0 Å². The monoisotopic (exact) mass is 440 g/mol. The first kappa shape index (κ1) is 24.3. The number of amides is 2. The lowest BCUT2D eigenvalue weighted by atomic mass is 10.00. The number of hydrogen-bond acceptors (Lipinski definition) is 4. The van der Waals surface area contributed by atoms with Crippen LogP contribution in [0.2, 0.25) is 0 Å². The maximum Gasteiger partial charge on any atom is 0.254 e. The molecule has 2 amide bonds. The van der Waals surface area contributed by atoms with E-state index < -0.39 is 0 Å². The average Bonchev–Trinajstić information content (AvgIpc) is 3.43. The van der Waals surface area contributed by atoms with Gasteiger partial charge in [-0.15, -0.1) is 0 Å². The lowest BCUT2D eigenvalue weighted by Gasteiger charge is -2.31. The van der Waals surface area contributed by atoms with Crippen molar-refractivity contribution >= 4 is 23.7 Å². The molecule has 32 heavy (non-hydrogen) atoms. The molecule has 2 aliphatic rings. The first-order valence-corrected chi connectivity index (χ1v) is 12.3. The van der Waals surface area contributed by atoms with Gasteiger partial charge in [0.2, 0.25) is 5.91 Å². The Labute approximate surface area is 193 Å². The number of nitrogens with zero attached hydrogens (tertiary/aromatic N) is 3. The van der Waals surface area contributed by atoms with E-state index in [1.54, 1.807) is 0 Å². The quantitative estimate of drug-likeness (QED) is 0.457. The predicted molar refractivity (Wildman–Crippen MR) is 131 cm³/mol. The number of anilines is 1. The van der Waals surface area contributed by atoms with Gasteiger partial charge in [-0.2, -0.15) is 5.10 Å². The molecule has 3 rings (SSSR count). The minimum Gasteiger partial charge on any atom is -0.338 e. The molecule has 0 radical (unpaired) electrons. The molecule has 1 N–H and O–H groups in total. The lowest BCUT2D eigenvalue weighted by Crippen LogP contribution is -2.38. The summed E-state index contributed by atoms with van der Waals surface area (Å²) in [6.07, 6.45) is 8.81. The van der Waals surface area contributed by atoms with Gasteiger partial charge in [-0.25, -0.2) is 0 Å². The maximum absolute atomic E-state index is 13.0. The van der Waals surface area contributed by atoms with E-state index in [1.165, 1.54) is 12.8 Å². The fraction of sp³-hybridized carbons (Fsp3) is 0.654. The van der Waals surface area contributed by atoms with Gasteiger partial charge >= 0.3 is 0 Å². The number of rotatable bonds is 8. The number of hydrazone groups is 1. The Balaban J connectivity index is 1.70. The largest absolute Gasteiger partial charge is 0.338 e. The van der Waals surface area contributed by atoms with Crippen molar-refractivity contribution in [3.8, 4) is 0 Å². The third-order valence-electron chi connectivity index (χ3n) is 6.93.